The highest BCUT2D eigenvalue weighted by molar-refractivity contribution is 4.71. The monoisotopic (exact) mass is 128 g/mol. The van der Waals surface area contributed by atoms with Gasteiger partial charge in [-0.2, -0.15) is 0 Å². The van der Waals surface area contributed by atoms with Gasteiger partial charge in [0.1, 0.15) is 0 Å². The molecule has 54 valence electrons. The van der Waals surface area contributed by atoms with E-state index in [-0.39, 0.29) is 0 Å². The van der Waals surface area contributed by atoms with E-state index in [1.54, 1.807) is 6.20 Å². The SMILES string of the molecule is CCCCCNC=CN. The van der Waals surface area contributed by atoms with Gasteiger partial charge in [-0.15, -0.1) is 0 Å². The summed E-state index contributed by atoms with van der Waals surface area (Å²) in [5, 5.41) is 3.06. The second kappa shape index (κ2) is 7.34. The molecule has 0 aliphatic rings. The summed E-state index contributed by atoms with van der Waals surface area (Å²) in [6.45, 7) is 3.24. The van der Waals surface area contributed by atoms with Crippen LogP contribution >= 0.6 is 0 Å². The second-order valence-electron chi connectivity index (χ2n) is 2.02. The van der Waals surface area contributed by atoms with Gasteiger partial charge in [0.05, 0.1) is 0 Å². The van der Waals surface area contributed by atoms with Gasteiger partial charge in [0.15, 0.2) is 0 Å². The molecular formula is C7H16N2. The van der Waals surface area contributed by atoms with Crippen LogP contribution < -0.4 is 11.1 Å². The number of rotatable bonds is 5. The summed E-state index contributed by atoms with van der Waals surface area (Å²) in [7, 11) is 0. The lowest BCUT2D eigenvalue weighted by atomic mass is 10.2. The van der Waals surface area contributed by atoms with Crippen LogP contribution in [-0.4, -0.2) is 6.54 Å². The third-order valence-corrected chi connectivity index (χ3v) is 1.14. The van der Waals surface area contributed by atoms with Crippen LogP contribution in [0.1, 0.15) is 26.2 Å². The van der Waals surface area contributed by atoms with E-state index in [1.165, 1.54) is 25.5 Å². The highest BCUT2D eigenvalue weighted by Crippen LogP contribution is 1.90. The van der Waals surface area contributed by atoms with Gasteiger partial charge in [0.2, 0.25) is 0 Å². The van der Waals surface area contributed by atoms with Gasteiger partial charge in [0.25, 0.3) is 0 Å². The molecule has 0 fully saturated rings. The van der Waals surface area contributed by atoms with Crippen LogP contribution in [0.2, 0.25) is 0 Å². The van der Waals surface area contributed by atoms with Crippen LogP contribution in [0.3, 0.4) is 0 Å². The first-order chi connectivity index (χ1) is 4.41. The molecule has 0 amide bonds. The summed E-state index contributed by atoms with van der Waals surface area (Å²) < 4.78 is 0. The van der Waals surface area contributed by atoms with E-state index in [0.29, 0.717) is 0 Å². The second-order valence-corrected chi connectivity index (χ2v) is 2.02. The van der Waals surface area contributed by atoms with E-state index in [9.17, 15) is 0 Å². The number of nitrogens with two attached hydrogens (primary N) is 1. The summed E-state index contributed by atoms with van der Waals surface area (Å²) in [5.41, 5.74) is 5.10. The van der Waals surface area contributed by atoms with E-state index in [0.717, 1.165) is 6.54 Å². The molecule has 0 aliphatic carbocycles. The fraction of sp³-hybridized carbons (Fsp3) is 0.714. The molecule has 0 heterocycles. The molecule has 2 heteroatoms. The fourth-order valence-electron chi connectivity index (χ4n) is 0.628. The maximum Gasteiger partial charge on any atom is 0.0141 e. The molecular weight excluding hydrogens is 112 g/mol. The molecule has 0 unspecified atom stereocenters. The Kier molecular flexibility index (Phi) is 6.80. The molecule has 0 saturated carbocycles. The molecule has 0 saturated heterocycles. The molecule has 2 nitrogen and oxygen atoms in total. The Bertz CT molecular complexity index is 69.3. The zero-order valence-corrected chi connectivity index (χ0v) is 6.06. The molecule has 0 radical (unpaired) electrons. The van der Waals surface area contributed by atoms with Crippen molar-refractivity contribution < 1.29 is 0 Å². The number of unbranched alkanes of at least 4 members (excludes halogenated alkanes) is 2. The fourth-order valence-corrected chi connectivity index (χ4v) is 0.628. The minimum atomic E-state index is 1.04. The Morgan fingerprint density at radius 2 is 2.22 bits per heavy atom. The average Bonchev–Trinajstić information content (AvgIpc) is 1.89. The number of hydrogen-bond donors (Lipinski definition) is 2. The third kappa shape index (κ3) is 7.34. The average molecular weight is 128 g/mol. The molecule has 0 spiro atoms. The lowest BCUT2D eigenvalue weighted by Crippen LogP contribution is -2.06. The van der Waals surface area contributed by atoms with Crippen molar-refractivity contribution in [3.8, 4) is 0 Å². The molecule has 0 bridgehead atoms. The van der Waals surface area contributed by atoms with Crippen molar-refractivity contribution in [3.05, 3.63) is 12.4 Å². The number of hydrogen-bond acceptors (Lipinski definition) is 2. The first-order valence-corrected chi connectivity index (χ1v) is 3.52. The minimum absolute atomic E-state index is 1.04. The molecule has 0 aromatic heterocycles. The summed E-state index contributed by atoms with van der Waals surface area (Å²) in [6.07, 6.45) is 7.10. The Balaban J connectivity index is 2.75. The van der Waals surface area contributed by atoms with Crippen LogP contribution in [-0.2, 0) is 0 Å². The summed E-state index contributed by atoms with van der Waals surface area (Å²) >= 11 is 0. The minimum Gasteiger partial charge on any atom is -0.403 e. The first kappa shape index (κ1) is 8.34. The van der Waals surface area contributed by atoms with Crippen LogP contribution in [0.15, 0.2) is 12.4 Å². The highest BCUT2D eigenvalue weighted by atomic mass is 14.8. The van der Waals surface area contributed by atoms with E-state index in [4.69, 9.17) is 5.73 Å². The van der Waals surface area contributed by atoms with Gasteiger partial charge in [0, 0.05) is 18.9 Å². The van der Waals surface area contributed by atoms with Gasteiger partial charge >= 0.3 is 0 Å². The highest BCUT2D eigenvalue weighted by Gasteiger charge is 1.80. The topological polar surface area (TPSA) is 38.0 Å². The Morgan fingerprint density at radius 3 is 2.78 bits per heavy atom. The number of nitrogens with one attached hydrogen (secondary N) is 1. The van der Waals surface area contributed by atoms with Crippen LogP contribution in [0.4, 0.5) is 0 Å². The zero-order valence-electron chi connectivity index (χ0n) is 6.06. The van der Waals surface area contributed by atoms with Crippen molar-refractivity contribution >= 4 is 0 Å². The predicted molar refractivity (Wildman–Crippen MR) is 40.9 cm³/mol. The van der Waals surface area contributed by atoms with E-state index in [2.05, 4.69) is 12.2 Å². The first-order valence-electron chi connectivity index (χ1n) is 3.52. The van der Waals surface area contributed by atoms with Crippen molar-refractivity contribution in [2.45, 2.75) is 26.2 Å². The summed E-state index contributed by atoms with van der Waals surface area (Å²) in [5.74, 6) is 0. The zero-order chi connectivity index (χ0) is 6.95. The lowest BCUT2D eigenvalue weighted by Gasteiger charge is -1.96. The molecule has 0 aliphatic heterocycles. The molecule has 0 aromatic rings. The van der Waals surface area contributed by atoms with Gasteiger partial charge in [-0.1, -0.05) is 19.8 Å². The van der Waals surface area contributed by atoms with Crippen LogP contribution in [0, 0.1) is 0 Å². The van der Waals surface area contributed by atoms with Gasteiger partial charge in [-0.3, -0.25) is 0 Å². The Labute approximate surface area is 57.1 Å². The van der Waals surface area contributed by atoms with Crippen molar-refractivity contribution in [2.75, 3.05) is 6.54 Å². The van der Waals surface area contributed by atoms with Crippen LogP contribution in [0.5, 0.6) is 0 Å². The largest absolute Gasteiger partial charge is 0.403 e. The molecule has 9 heavy (non-hydrogen) atoms. The molecule has 3 N–H and O–H groups in total. The Hall–Kier alpha value is -0.660. The lowest BCUT2D eigenvalue weighted by molar-refractivity contribution is 0.682. The van der Waals surface area contributed by atoms with E-state index < -0.39 is 0 Å². The smallest absolute Gasteiger partial charge is 0.0141 e. The Morgan fingerprint density at radius 1 is 1.44 bits per heavy atom. The normalized spacial score (nSPS) is 10.3. The van der Waals surface area contributed by atoms with Gasteiger partial charge < -0.3 is 11.1 Å². The van der Waals surface area contributed by atoms with Crippen LogP contribution in [0.25, 0.3) is 0 Å². The molecule has 0 aromatic carbocycles. The molecule has 0 rings (SSSR count). The quantitative estimate of drug-likeness (QED) is 0.546. The van der Waals surface area contributed by atoms with E-state index in [1.807, 2.05) is 0 Å². The van der Waals surface area contributed by atoms with Crippen molar-refractivity contribution in [1.29, 1.82) is 0 Å². The van der Waals surface area contributed by atoms with E-state index >= 15 is 0 Å². The standard InChI is InChI=1S/C7H16N2/c1-2-3-4-6-9-7-5-8/h5,7,9H,2-4,6,8H2,1H3. The predicted octanol–water partition coefficient (Wildman–Crippen LogP) is 1.20. The van der Waals surface area contributed by atoms with Crippen molar-refractivity contribution in [1.82, 2.24) is 5.32 Å². The van der Waals surface area contributed by atoms with Crippen molar-refractivity contribution in [3.63, 3.8) is 0 Å². The summed E-state index contributed by atoms with van der Waals surface area (Å²) in [6, 6.07) is 0. The summed E-state index contributed by atoms with van der Waals surface area (Å²) in [4.78, 5) is 0. The third-order valence-electron chi connectivity index (χ3n) is 1.14. The van der Waals surface area contributed by atoms with Gasteiger partial charge in [-0.05, 0) is 6.42 Å². The maximum absolute atomic E-state index is 5.10. The van der Waals surface area contributed by atoms with Crippen molar-refractivity contribution in [2.24, 2.45) is 5.73 Å². The molecule has 0 atom stereocenters. The van der Waals surface area contributed by atoms with Gasteiger partial charge in [-0.25, -0.2) is 0 Å². The maximum atomic E-state index is 5.10.